The minimum atomic E-state index is -0.562. The van der Waals surface area contributed by atoms with Gasteiger partial charge in [-0.05, 0) is 24.3 Å². The van der Waals surface area contributed by atoms with E-state index in [4.69, 9.17) is 4.74 Å². The molecule has 3 rings (SSSR count). The van der Waals surface area contributed by atoms with Crippen LogP contribution in [0.1, 0.15) is 13.3 Å². The lowest BCUT2D eigenvalue weighted by Crippen LogP contribution is -2.30. The highest BCUT2D eigenvalue weighted by Crippen LogP contribution is 2.31. The van der Waals surface area contributed by atoms with Crippen LogP contribution in [0.2, 0.25) is 0 Å². The van der Waals surface area contributed by atoms with E-state index < -0.39 is 11.2 Å². The molecule has 28 heavy (non-hydrogen) atoms. The maximum absolute atomic E-state index is 12.5. The van der Waals surface area contributed by atoms with E-state index in [2.05, 4.69) is 10.3 Å². The second-order valence-corrected chi connectivity index (χ2v) is 7.25. The lowest BCUT2D eigenvalue weighted by Gasteiger charge is -2.11. The van der Waals surface area contributed by atoms with E-state index in [0.29, 0.717) is 10.9 Å². The zero-order valence-corrected chi connectivity index (χ0v) is 16.2. The summed E-state index contributed by atoms with van der Waals surface area (Å²) in [5.74, 6) is -0.744. The second kappa shape index (κ2) is 8.71. The molecular formula is C20H19N3O4S. The molecule has 1 heterocycles. The quantitative estimate of drug-likeness (QED) is 0.618. The molecule has 1 N–H and O–H groups in total. The smallest absolute Gasteiger partial charge is 0.308 e. The van der Waals surface area contributed by atoms with Gasteiger partial charge in [-0.25, -0.2) is 4.99 Å². The number of amidine groups is 1. The monoisotopic (exact) mass is 397 g/mol. The summed E-state index contributed by atoms with van der Waals surface area (Å²) >= 11 is 1.26. The van der Waals surface area contributed by atoms with Gasteiger partial charge in [0.1, 0.15) is 5.25 Å². The van der Waals surface area contributed by atoms with E-state index >= 15 is 0 Å². The molecule has 1 fully saturated rings. The molecular weight excluding hydrogens is 378 g/mol. The molecule has 1 aliphatic heterocycles. The number of anilines is 1. The maximum Gasteiger partial charge on any atom is 0.308 e. The fraction of sp³-hybridized carbons (Fsp3) is 0.200. The number of para-hydroxylation sites is 3. The number of carbonyl (C=O) groups is 3. The summed E-state index contributed by atoms with van der Waals surface area (Å²) in [6, 6.07) is 16.0. The van der Waals surface area contributed by atoms with Crippen molar-refractivity contribution in [2.24, 2.45) is 4.99 Å². The Morgan fingerprint density at radius 1 is 1.14 bits per heavy atom. The highest BCUT2D eigenvalue weighted by atomic mass is 32.2. The number of hydrogen-bond acceptors (Lipinski definition) is 6. The van der Waals surface area contributed by atoms with Gasteiger partial charge in [-0.3, -0.25) is 19.3 Å². The molecule has 1 atom stereocenters. The first-order chi connectivity index (χ1) is 13.4. The van der Waals surface area contributed by atoms with Crippen molar-refractivity contribution in [1.29, 1.82) is 0 Å². The van der Waals surface area contributed by atoms with Crippen LogP contribution >= 0.6 is 11.8 Å². The number of esters is 1. The van der Waals surface area contributed by atoms with Gasteiger partial charge in [0.25, 0.3) is 0 Å². The number of amides is 2. The molecule has 0 saturated carbocycles. The summed E-state index contributed by atoms with van der Waals surface area (Å²) in [7, 11) is 1.64. The van der Waals surface area contributed by atoms with E-state index in [1.165, 1.54) is 23.6 Å². The van der Waals surface area contributed by atoms with Gasteiger partial charge in [-0.2, -0.15) is 0 Å². The number of nitrogens with zero attached hydrogens (tertiary/aromatic N) is 2. The van der Waals surface area contributed by atoms with Crippen LogP contribution in [0, 0.1) is 0 Å². The Hall–Kier alpha value is -3.13. The Morgan fingerprint density at radius 2 is 1.82 bits per heavy atom. The zero-order valence-electron chi connectivity index (χ0n) is 15.4. The Bertz CT molecular complexity index is 930. The van der Waals surface area contributed by atoms with Crippen LogP contribution in [0.25, 0.3) is 0 Å². The van der Waals surface area contributed by atoms with E-state index in [1.807, 2.05) is 30.3 Å². The lowest BCUT2D eigenvalue weighted by atomic mass is 10.2. The predicted molar refractivity (Wildman–Crippen MR) is 109 cm³/mol. The van der Waals surface area contributed by atoms with Crippen LogP contribution in [0.15, 0.2) is 59.6 Å². The fourth-order valence-corrected chi connectivity index (χ4v) is 3.75. The number of nitrogens with one attached hydrogen (secondary N) is 1. The fourth-order valence-electron chi connectivity index (χ4n) is 2.59. The third-order valence-corrected chi connectivity index (χ3v) is 5.14. The molecule has 1 aliphatic rings. The Labute approximate surface area is 166 Å². The molecule has 144 valence electrons. The van der Waals surface area contributed by atoms with Gasteiger partial charge >= 0.3 is 5.97 Å². The Balaban J connectivity index is 1.67. The average molecular weight is 397 g/mol. The van der Waals surface area contributed by atoms with Crippen LogP contribution < -0.4 is 10.1 Å². The molecule has 8 heteroatoms. The van der Waals surface area contributed by atoms with Crippen LogP contribution in [-0.2, 0) is 14.4 Å². The molecule has 0 spiro atoms. The number of carbonyl (C=O) groups excluding carboxylic acids is 3. The third-order valence-electron chi connectivity index (χ3n) is 3.91. The Morgan fingerprint density at radius 3 is 2.54 bits per heavy atom. The molecule has 0 aliphatic carbocycles. The topological polar surface area (TPSA) is 88.1 Å². The zero-order chi connectivity index (χ0) is 20.1. The minimum Gasteiger partial charge on any atom is -0.424 e. The Kier molecular flexibility index (Phi) is 6.10. The minimum absolute atomic E-state index is 0.0178. The number of hydrogen-bond donors (Lipinski definition) is 1. The van der Waals surface area contributed by atoms with Gasteiger partial charge in [-0.1, -0.05) is 42.1 Å². The normalized spacial score (nSPS) is 17.6. The molecule has 0 aromatic heterocycles. The van der Waals surface area contributed by atoms with Crippen molar-refractivity contribution >= 4 is 46.1 Å². The lowest BCUT2D eigenvalue weighted by molar-refractivity contribution is -0.132. The molecule has 2 aromatic rings. The van der Waals surface area contributed by atoms with Gasteiger partial charge in [0.2, 0.25) is 11.8 Å². The third kappa shape index (κ3) is 4.77. The molecule has 0 radical (unpaired) electrons. The van der Waals surface area contributed by atoms with Crippen molar-refractivity contribution in [3.8, 4) is 5.75 Å². The number of rotatable bonds is 5. The highest BCUT2D eigenvalue weighted by Gasteiger charge is 2.37. The van der Waals surface area contributed by atoms with E-state index in [9.17, 15) is 14.4 Å². The van der Waals surface area contributed by atoms with Gasteiger partial charge in [0, 0.05) is 20.4 Å². The number of aliphatic imine (C=N–C) groups is 1. The molecule has 2 aromatic carbocycles. The van der Waals surface area contributed by atoms with E-state index in [1.54, 1.807) is 31.3 Å². The van der Waals surface area contributed by atoms with Gasteiger partial charge < -0.3 is 10.1 Å². The molecule has 0 bridgehead atoms. The standard InChI is InChI=1S/C20H19N3O4S/c1-13(24)27-16-11-7-6-10-15(16)22-18(25)12-17-19(26)23(2)20(28-17)21-14-8-4-3-5-9-14/h3-11,17H,12H2,1-2H3,(H,22,25). The summed E-state index contributed by atoms with van der Waals surface area (Å²) in [5, 5.41) is 2.69. The number of ether oxygens (including phenoxy) is 1. The van der Waals surface area contributed by atoms with Crippen molar-refractivity contribution in [3.05, 3.63) is 54.6 Å². The summed E-state index contributed by atoms with van der Waals surface area (Å²) in [4.78, 5) is 42.1. The molecule has 1 saturated heterocycles. The van der Waals surface area contributed by atoms with Crippen LogP contribution in [-0.4, -0.2) is 40.1 Å². The first-order valence-electron chi connectivity index (χ1n) is 8.59. The molecule has 2 amide bonds. The SMILES string of the molecule is CC(=O)Oc1ccccc1NC(=O)CC1SC(=Nc2ccccc2)N(C)C1=O. The summed E-state index contributed by atoms with van der Waals surface area (Å²) in [5.41, 5.74) is 1.12. The van der Waals surface area contributed by atoms with Crippen molar-refractivity contribution in [2.45, 2.75) is 18.6 Å². The average Bonchev–Trinajstić information content (AvgIpc) is 2.91. The van der Waals surface area contributed by atoms with Crippen molar-refractivity contribution in [2.75, 3.05) is 12.4 Å². The largest absolute Gasteiger partial charge is 0.424 e. The molecule has 1 unspecified atom stereocenters. The summed E-state index contributed by atoms with van der Waals surface area (Å²) < 4.78 is 5.08. The predicted octanol–water partition coefficient (Wildman–Crippen LogP) is 3.20. The first-order valence-corrected chi connectivity index (χ1v) is 9.47. The van der Waals surface area contributed by atoms with Gasteiger partial charge in [0.05, 0.1) is 11.4 Å². The van der Waals surface area contributed by atoms with E-state index in [0.717, 1.165) is 5.69 Å². The first kappa shape index (κ1) is 19.6. The molecule has 7 nitrogen and oxygen atoms in total. The van der Waals surface area contributed by atoms with Gasteiger partial charge in [0.15, 0.2) is 10.9 Å². The maximum atomic E-state index is 12.5. The number of thioether (sulfide) groups is 1. The summed E-state index contributed by atoms with van der Waals surface area (Å²) in [6.45, 7) is 1.29. The number of benzene rings is 2. The van der Waals surface area contributed by atoms with Gasteiger partial charge in [-0.15, -0.1) is 0 Å². The summed E-state index contributed by atoms with van der Waals surface area (Å²) in [6.07, 6.45) is -0.0178. The van der Waals surface area contributed by atoms with Crippen molar-refractivity contribution in [1.82, 2.24) is 4.90 Å². The van der Waals surface area contributed by atoms with Crippen molar-refractivity contribution < 1.29 is 19.1 Å². The van der Waals surface area contributed by atoms with Crippen molar-refractivity contribution in [3.63, 3.8) is 0 Å². The second-order valence-electron chi connectivity index (χ2n) is 6.08. The van der Waals surface area contributed by atoms with E-state index in [-0.39, 0.29) is 24.0 Å². The van der Waals surface area contributed by atoms with Crippen LogP contribution in [0.5, 0.6) is 5.75 Å². The highest BCUT2D eigenvalue weighted by molar-refractivity contribution is 8.15. The van der Waals surface area contributed by atoms with Crippen LogP contribution in [0.3, 0.4) is 0 Å². The van der Waals surface area contributed by atoms with Crippen LogP contribution in [0.4, 0.5) is 11.4 Å².